The molecule has 0 saturated heterocycles. The predicted octanol–water partition coefficient (Wildman–Crippen LogP) is 0.517. The van der Waals surface area contributed by atoms with Crippen LogP contribution in [0, 0.1) is 0 Å². The molecule has 0 aliphatic heterocycles. The van der Waals surface area contributed by atoms with Crippen molar-refractivity contribution in [1.29, 1.82) is 0 Å². The molecule has 0 spiro atoms. The van der Waals surface area contributed by atoms with Crippen molar-refractivity contribution in [1.82, 2.24) is 0 Å². The molecule has 0 heterocycles. The second-order valence-corrected chi connectivity index (χ2v) is 6.30. The van der Waals surface area contributed by atoms with Crippen LogP contribution in [0.2, 0.25) is 0 Å². The summed E-state index contributed by atoms with van der Waals surface area (Å²) in [5.41, 5.74) is 0. The summed E-state index contributed by atoms with van der Waals surface area (Å²) < 4.78 is 9.66. The monoisotopic (exact) mass is 366 g/mol. The van der Waals surface area contributed by atoms with E-state index in [4.69, 9.17) is 4.89 Å². The van der Waals surface area contributed by atoms with Gasteiger partial charge in [-0.25, -0.2) is 0 Å². The van der Waals surface area contributed by atoms with Gasteiger partial charge in [0, 0.05) is 36.6 Å². The van der Waals surface area contributed by atoms with Gasteiger partial charge in [-0.1, -0.05) is 0 Å². The van der Waals surface area contributed by atoms with Crippen LogP contribution in [0.25, 0.3) is 0 Å². The van der Waals surface area contributed by atoms with Crippen molar-refractivity contribution in [2.75, 3.05) is 26.7 Å². The number of rotatable bonds is 0. The average Bonchev–Trinajstić information content (AvgIpc) is 1.19. The zero-order valence-electron chi connectivity index (χ0n) is 6.47. The molecule has 0 amide bonds. The van der Waals surface area contributed by atoms with Gasteiger partial charge in [0.15, 0.2) is 0 Å². The van der Waals surface area contributed by atoms with Crippen LogP contribution in [0.1, 0.15) is 0 Å². The van der Waals surface area contributed by atoms with Gasteiger partial charge in [0.05, 0.1) is 0 Å². The van der Waals surface area contributed by atoms with Crippen LogP contribution in [0.3, 0.4) is 0 Å². The molecule has 0 aliphatic carbocycles. The Bertz CT molecular complexity index is 89.7. The van der Waals surface area contributed by atoms with E-state index in [0.29, 0.717) is 0 Å². The molecule has 0 atom stereocenters. The minimum atomic E-state index is -2.89. The molecular weight excluding hydrogens is 353 g/mol. The van der Waals surface area contributed by atoms with Gasteiger partial charge in [-0.15, -0.1) is 0 Å². The Labute approximate surface area is 77.8 Å². The molecule has 6 heteroatoms. The van der Waals surface area contributed by atoms with Crippen molar-refractivity contribution >= 4 is 15.5 Å². The van der Waals surface area contributed by atoms with E-state index in [1.807, 2.05) is 0 Å². The van der Waals surface area contributed by atoms with E-state index in [9.17, 15) is 9.46 Å². The minimum Gasteiger partial charge on any atom is -0.800 e. The van der Waals surface area contributed by atoms with Gasteiger partial charge in [-0.3, -0.25) is 0 Å². The van der Waals surface area contributed by atoms with Crippen molar-refractivity contribution in [3.8, 4) is 0 Å². The van der Waals surface area contributed by atoms with Gasteiger partial charge in [0.1, 0.15) is 0 Å². The van der Waals surface area contributed by atoms with Gasteiger partial charge < -0.3 is 14.4 Å². The first-order valence-corrected chi connectivity index (χ1v) is 7.06. The molecule has 3 nitrogen and oxygen atoms in total. The maximum absolute atomic E-state index is 9.66. The Balaban J connectivity index is -0.0000000910. The van der Waals surface area contributed by atoms with E-state index in [2.05, 4.69) is 0 Å². The second-order valence-electron chi connectivity index (χ2n) is 2.10. The molecule has 1 N–H and O–H groups in total. The molecule has 0 fully saturated rings. The van der Waals surface area contributed by atoms with Crippen molar-refractivity contribution in [2.24, 2.45) is 0 Å². The summed E-state index contributed by atoms with van der Waals surface area (Å²) in [6, 6.07) is 0. The maximum atomic E-state index is 9.66. The quantitative estimate of drug-likeness (QED) is 0.636. The fourth-order valence-corrected chi connectivity index (χ4v) is 0. The summed E-state index contributed by atoms with van der Waals surface area (Å²) >= 11 is 0. The van der Waals surface area contributed by atoms with Crippen LogP contribution in [0.15, 0.2) is 0 Å². The predicted molar refractivity (Wildman–Crippen MR) is 40.4 cm³/mol. The van der Waals surface area contributed by atoms with Crippen LogP contribution in [0.5, 0.6) is 0 Å². The molecule has 0 rings (SSSR count). The third kappa shape index (κ3) is 394. The van der Waals surface area contributed by atoms with Crippen LogP contribution in [-0.4, -0.2) is 31.6 Å². The molecule has 68 valence electrons. The van der Waals surface area contributed by atoms with E-state index >= 15 is 0 Å². The fourth-order valence-electron chi connectivity index (χ4n) is 0. The van der Waals surface area contributed by atoms with Crippen LogP contribution < -0.4 is 4.89 Å². The Morgan fingerprint density at radius 2 is 1.40 bits per heavy atom. The molecular formula is C4H13O3P2Pt-. The minimum absolute atomic E-state index is 0. The topological polar surface area (TPSA) is 60.4 Å². The van der Waals surface area contributed by atoms with E-state index in [1.54, 1.807) is 13.3 Å². The van der Waals surface area contributed by atoms with Crippen molar-refractivity contribution in [3.63, 3.8) is 0 Å². The largest absolute Gasteiger partial charge is 0.800 e. The van der Waals surface area contributed by atoms with Gasteiger partial charge in [0.25, 0.3) is 0 Å². The smallest absolute Gasteiger partial charge is 0.0187 e. The molecule has 0 aromatic heterocycles. The first-order chi connectivity index (χ1) is 3.73. The van der Waals surface area contributed by atoms with Crippen molar-refractivity contribution in [3.05, 3.63) is 0 Å². The zero-order chi connectivity index (χ0) is 8.08. The number of hydrogen-bond donors (Lipinski definition) is 1. The Morgan fingerprint density at radius 3 is 1.40 bits per heavy atom. The Morgan fingerprint density at radius 1 is 1.40 bits per heavy atom. The summed E-state index contributed by atoms with van der Waals surface area (Å²) in [6.45, 7) is 5.95. The third-order valence-electron chi connectivity index (χ3n) is 0. The van der Waals surface area contributed by atoms with Gasteiger partial charge in [-0.05, 0) is 26.7 Å². The molecule has 0 saturated carbocycles. The Kier molecular flexibility index (Phi) is 14.5. The van der Waals surface area contributed by atoms with Crippen LogP contribution in [0.4, 0.5) is 0 Å². The summed E-state index contributed by atoms with van der Waals surface area (Å²) in [5, 5.41) is 0. The molecule has 10 heavy (non-hydrogen) atoms. The molecule has 0 bridgehead atoms. The standard InChI is InChI=1S/C2H7O2P.C2H7OP.Pt/c1-5(2,3)4;1-4(2)3;/h1-2H3,(H,3,4);3H,1-2H3;/p-1. The van der Waals surface area contributed by atoms with Gasteiger partial charge >= 0.3 is 0 Å². The first-order valence-electron chi connectivity index (χ1n) is 2.35. The van der Waals surface area contributed by atoms with E-state index in [0.717, 1.165) is 0 Å². The summed E-state index contributed by atoms with van der Waals surface area (Å²) in [7, 11) is -3.51. The van der Waals surface area contributed by atoms with E-state index < -0.39 is 15.5 Å². The van der Waals surface area contributed by atoms with Gasteiger partial charge in [-0.2, -0.15) is 0 Å². The molecule has 0 unspecified atom stereocenters. The molecule has 0 aromatic rings. The number of hydrogen-bond acceptors (Lipinski definition) is 3. The van der Waals surface area contributed by atoms with Crippen molar-refractivity contribution in [2.45, 2.75) is 0 Å². The summed E-state index contributed by atoms with van der Waals surface area (Å²) in [4.78, 5) is 17.8. The summed E-state index contributed by atoms with van der Waals surface area (Å²) in [6.07, 6.45) is 0. The molecule has 0 aromatic carbocycles. The fraction of sp³-hybridized carbons (Fsp3) is 1.00. The zero-order valence-corrected chi connectivity index (χ0v) is 10.5. The van der Waals surface area contributed by atoms with Crippen LogP contribution >= 0.6 is 15.5 Å². The first kappa shape index (κ1) is 17.4. The van der Waals surface area contributed by atoms with E-state index in [1.165, 1.54) is 13.3 Å². The molecule has 0 aliphatic rings. The Hall–Kier alpha value is 1.27. The van der Waals surface area contributed by atoms with Crippen molar-refractivity contribution < 1.29 is 35.4 Å². The average molecular weight is 366 g/mol. The van der Waals surface area contributed by atoms with Crippen LogP contribution in [-0.2, 0) is 25.6 Å². The second kappa shape index (κ2) is 8.37. The molecule has 0 radical (unpaired) electrons. The normalized spacial score (nSPS) is 9.50. The SMILES string of the molecule is CP(C)(=O)[O-].CP(C)O.[Pt]. The van der Waals surface area contributed by atoms with Gasteiger partial charge in [0.2, 0.25) is 0 Å². The maximum Gasteiger partial charge on any atom is 0.0187 e. The third-order valence-corrected chi connectivity index (χ3v) is 0. The summed E-state index contributed by atoms with van der Waals surface area (Å²) in [5.74, 6) is 0. The van der Waals surface area contributed by atoms with E-state index in [-0.39, 0.29) is 21.1 Å².